The van der Waals surface area contributed by atoms with Crippen molar-refractivity contribution in [3.05, 3.63) is 46.4 Å². The maximum absolute atomic E-state index is 4.34. The number of para-hydroxylation sites is 1. The molecule has 2 heterocycles. The van der Waals surface area contributed by atoms with Crippen LogP contribution in [0.4, 0.5) is 5.69 Å². The van der Waals surface area contributed by atoms with Gasteiger partial charge in [0.2, 0.25) is 0 Å². The number of benzene rings is 1. The minimum atomic E-state index is 0.374. The van der Waals surface area contributed by atoms with Gasteiger partial charge in [0.15, 0.2) is 0 Å². The SMILES string of the molecule is c1ccc2c(c1)CC(c1cscn1)N2. The number of nitrogens with one attached hydrogen (secondary N) is 1. The van der Waals surface area contributed by atoms with E-state index in [2.05, 4.69) is 39.9 Å². The van der Waals surface area contributed by atoms with Gasteiger partial charge in [0.05, 0.1) is 17.2 Å². The lowest BCUT2D eigenvalue weighted by atomic mass is 10.1. The molecule has 0 bridgehead atoms. The van der Waals surface area contributed by atoms with Crippen LogP contribution in [-0.2, 0) is 6.42 Å². The van der Waals surface area contributed by atoms with Gasteiger partial charge in [-0.05, 0) is 11.6 Å². The van der Waals surface area contributed by atoms with Crippen LogP contribution in [0, 0.1) is 0 Å². The quantitative estimate of drug-likeness (QED) is 0.769. The van der Waals surface area contributed by atoms with Crippen LogP contribution in [0.2, 0.25) is 0 Å². The van der Waals surface area contributed by atoms with Crippen molar-refractivity contribution in [2.24, 2.45) is 0 Å². The molecule has 2 aromatic rings. The molecule has 1 aliphatic heterocycles. The third-order valence-electron chi connectivity index (χ3n) is 2.58. The number of rotatable bonds is 1. The third-order valence-corrected chi connectivity index (χ3v) is 3.18. The minimum absolute atomic E-state index is 0.374. The maximum Gasteiger partial charge on any atom is 0.0795 e. The molecule has 3 heteroatoms. The summed E-state index contributed by atoms with van der Waals surface area (Å²) in [6, 6.07) is 8.83. The van der Waals surface area contributed by atoms with Gasteiger partial charge in [0.25, 0.3) is 0 Å². The number of hydrogen-bond acceptors (Lipinski definition) is 3. The predicted octanol–water partition coefficient (Wildman–Crippen LogP) is 2.85. The molecule has 1 aromatic carbocycles. The first-order valence-corrected chi connectivity index (χ1v) is 5.60. The van der Waals surface area contributed by atoms with Crippen LogP contribution in [0.3, 0.4) is 0 Å². The molecule has 0 saturated heterocycles. The van der Waals surface area contributed by atoms with Crippen molar-refractivity contribution in [3.8, 4) is 0 Å². The highest BCUT2D eigenvalue weighted by Gasteiger charge is 2.22. The molecule has 1 unspecified atom stereocenters. The highest BCUT2D eigenvalue weighted by Crippen LogP contribution is 2.33. The Bertz CT molecular complexity index is 411. The molecule has 0 radical (unpaired) electrons. The normalized spacial score (nSPS) is 19.0. The summed E-state index contributed by atoms with van der Waals surface area (Å²) in [6.45, 7) is 0. The highest BCUT2D eigenvalue weighted by molar-refractivity contribution is 7.07. The first kappa shape index (κ1) is 8.00. The Morgan fingerprint density at radius 3 is 3.07 bits per heavy atom. The van der Waals surface area contributed by atoms with Gasteiger partial charge in [-0.2, -0.15) is 0 Å². The topological polar surface area (TPSA) is 24.9 Å². The van der Waals surface area contributed by atoms with E-state index in [-0.39, 0.29) is 0 Å². The van der Waals surface area contributed by atoms with Crippen LogP contribution in [0.15, 0.2) is 35.2 Å². The second-order valence-electron chi connectivity index (χ2n) is 3.47. The lowest BCUT2D eigenvalue weighted by Crippen LogP contribution is -2.05. The standard InChI is InChI=1S/C11H10N2S/c1-2-4-9-8(3-1)5-10(13-9)11-6-14-7-12-11/h1-4,6-7,10,13H,5H2. The number of fused-ring (bicyclic) bond motifs is 1. The molecule has 2 nitrogen and oxygen atoms in total. The van der Waals surface area contributed by atoms with E-state index in [1.165, 1.54) is 11.3 Å². The zero-order valence-corrected chi connectivity index (χ0v) is 8.42. The fourth-order valence-corrected chi connectivity index (χ4v) is 2.48. The Kier molecular flexibility index (Phi) is 1.77. The van der Waals surface area contributed by atoms with Crippen molar-refractivity contribution >= 4 is 17.0 Å². The molecule has 1 N–H and O–H groups in total. The summed E-state index contributed by atoms with van der Waals surface area (Å²) < 4.78 is 0. The fraction of sp³-hybridized carbons (Fsp3) is 0.182. The third kappa shape index (κ3) is 1.21. The molecular formula is C11H10N2S. The van der Waals surface area contributed by atoms with E-state index >= 15 is 0 Å². The highest BCUT2D eigenvalue weighted by atomic mass is 32.1. The summed E-state index contributed by atoms with van der Waals surface area (Å²) in [5, 5.41) is 5.60. The Labute approximate surface area is 86.6 Å². The van der Waals surface area contributed by atoms with E-state index in [9.17, 15) is 0 Å². The second kappa shape index (κ2) is 3.10. The van der Waals surface area contributed by atoms with Gasteiger partial charge >= 0.3 is 0 Å². The zero-order valence-electron chi connectivity index (χ0n) is 7.60. The lowest BCUT2D eigenvalue weighted by molar-refractivity contribution is 0.797. The largest absolute Gasteiger partial charge is 0.376 e. The van der Waals surface area contributed by atoms with Gasteiger partial charge in [-0.3, -0.25) is 0 Å². The van der Waals surface area contributed by atoms with Gasteiger partial charge in [-0.25, -0.2) is 4.98 Å². The Morgan fingerprint density at radius 2 is 2.29 bits per heavy atom. The van der Waals surface area contributed by atoms with Crippen molar-refractivity contribution < 1.29 is 0 Å². The van der Waals surface area contributed by atoms with Crippen molar-refractivity contribution in [3.63, 3.8) is 0 Å². The lowest BCUT2D eigenvalue weighted by Gasteiger charge is -2.06. The molecule has 0 amide bonds. The number of aromatic nitrogens is 1. The molecule has 14 heavy (non-hydrogen) atoms. The zero-order chi connectivity index (χ0) is 9.38. The van der Waals surface area contributed by atoms with Crippen LogP contribution < -0.4 is 5.32 Å². The average molecular weight is 202 g/mol. The van der Waals surface area contributed by atoms with Crippen molar-refractivity contribution in [2.75, 3.05) is 5.32 Å². The van der Waals surface area contributed by atoms with E-state index in [4.69, 9.17) is 0 Å². The van der Waals surface area contributed by atoms with Gasteiger partial charge in [-0.1, -0.05) is 18.2 Å². The average Bonchev–Trinajstić information content (AvgIpc) is 2.86. The molecule has 1 atom stereocenters. The van der Waals surface area contributed by atoms with Crippen molar-refractivity contribution in [1.82, 2.24) is 4.98 Å². The summed E-state index contributed by atoms with van der Waals surface area (Å²) >= 11 is 1.65. The molecule has 1 aromatic heterocycles. The van der Waals surface area contributed by atoms with Crippen LogP contribution in [0.25, 0.3) is 0 Å². The minimum Gasteiger partial charge on any atom is -0.376 e. The number of thiazole rings is 1. The molecule has 1 aliphatic rings. The van der Waals surface area contributed by atoms with Gasteiger partial charge in [-0.15, -0.1) is 11.3 Å². The summed E-state index contributed by atoms with van der Waals surface area (Å²) in [5.74, 6) is 0. The molecular weight excluding hydrogens is 192 g/mol. The van der Waals surface area contributed by atoms with E-state index in [1.54, 1.807) is 11.3 Å². The summed E-state index contributed by atoms with van der Waals surface area (Å²) in [7, 11) is 0. The second-order valence-corrected chi connectivity index (χ2v) is 4.19. The Morgan fingerprint density at radius 1 is 1.36 bits per heavy atom. The summed E-state index contributed by atoms with van der Waals surface area (Å²) in [4.78, 5) is 4.34. The molecule has 0 aliphatic carbocycles. The van der Waals surface area contributed by atoms with E-state index < -0.39 is 0 Å². The predicted molar refractivity (Wildman–Crippen MR) is 58.6 cm³/mol. The smallest absolute Gasteiger partial charge is 0.0795 e. The fourth-order valence-electron chi connectivity index (χ4n) is 1.87. The number of anilines is 1. The van der Waals surface area contributed by atoms with Crippen LogP contribution in [0.5, 0.6) is 0 Å². The van der Waals surface area contributed by atoms with Crippen LogP contribution in [-0.4, -0.2) is 4.98 Å². The van der Waals surface area contributed by atoms with Crippen LogP contribution in [0.1, 0.15) is 17.3 Å². The van der Waals surface area contributed by atoms with E-state index in [0.717, 1.165) is 12.1 Å². The van der Waals surface area contributed by atoms with Gasteiger partial charge in [0.1, 0.15) is 0 Å². The first-order chi connectivity index (χ1) is 6.93. The molecule has 0 saturated carbocycles. The molecule has 70 valence electrons. The monoisotopic (exact) mass is 202 g/mol. The van der Waals surface area contributed by atoms with E-state index in [1.807, 2.05) is 5.51 Å². The summed E-state index contributed by atoms with van der Waals surface area (Å²) in [5.41, 5.74) is 5.70. The van der Waals surface area contributed by atoms with Crippen LogP contribution >= 0.6 is 11.3 Å². The first-order valence-electron chi connectivity index (χ1n) is 4.66. The Balaban J connectivity index is 1.92. The Hall–Kier alpha value is -1.35. The molecule has 0 spiro atoms. The van der Waals surface area contributed by atoms with Crippen molar-refractivity contribution in [2.45, 2.75) is 12.5 Å². The van der Waals surface area contributed by atoms with E-state index in [0.29, 0.717) is 6.04 Å². The van der Waals surface area contributed by atoms with Gasteiger partial charge < -0.3 is 5.32 Å². The maximum atomic E-state index is 4.34. The number of hydrogen-bond donors (Lipinski definition) is 1. The van der Waals surface area contributed by atoms with Crippen molar-refractivity contribution in [1.29, 1.82) is 0 Å². The number of nitrogens with zero attached hydrogens (tertiary/aromatic N) is 1. The summed E-state index contributed by atoms with van der Waals surface area (Å²) in [6.07, 6.45) is 1.06. The van der Waals surface area contributed by atoms with Gasteiger partial charge in [0, 0.05) is 17.5 Å². The molecule has 3 rings (SSSR count). The molecule has 0 fully saturated rings.